The summed E-state index contributed by atoms with van der Waals surface area (Å²) < 4.78 is 14.8. The van der Waals surface area contributed by atoms with Crippen LogP contribution in [-0.4, -0.2) is 58.1 Å². The van der Waals surface area contributed by atoms with E-state index in [-0.39, 0.29) is 17.2 Å². The molecule has 1 fully saturated rings. The molecule has 4 atom stereocenters. The molecule has 0 unspecified atom stereocenters. The van der Waals surface area contributed by atoms with Gasteiger partial charge in [-0.05, 0) is 29.9 Å². The Morgan fingerprint density at radius 2 is 2.10 bits per heavy atom. The molecular weight excluding hydrogens is 408 g/mol. The van der Waals surface area contributed by atoms with Gasteiger partial charge in [0, 0.05) is 10.7 Å². The first-order chi connectivity index (χ1) is 13.6. The number of ether oxygens (including phenoxy) is 1. The number of hydrogen-bond acceptors (Lipinski definition) is 8. The number of fused-ring (bicyclic) bond motifs is 1. The van der Waals surface area contributed by atoms with Crippen molar-refractivity contribution in [3.8, 4) is 0 Å². The molecule has 10 nitrogen and oxygen atoms in total. The van der Waals surface area contributed by atoms with E-state index >= 15 is 0 Å². The zero-order valence-electron chi connectivity index (χ0n) is 17.6. The second-order valence-electron chi connectivity index (χ2n) is 8.64. The van der Waals surface area contributed by atoms with Crippen LogP contribution < -0.4 is 5.73 Å². The summed E-state index contributed by atoms with van der Waals surface area (Å²) in [5.41, 5.74) is 16.2. The minimum Gasteiger partial charge on any atom is -0.411 e. The average Bonchev–Trinajstić information content (AvgIpc) is 3.18. The van der Waals surface area contributed by atoms with Crippen LogP contribution in [-0.2, 0) is 9.16 Å². The molecule has 0 bridgehead atoms. The lowest BCUT2D eigenvalue weighted by Crippen LogP contribution is -2.49. The number of imidazole rings is 1. The normalized spacial score (nSPS) is 25.3. The van der Waals surface area contributed by atoms with E-state index in [1.165, 1.54) is 6.33 Å². The van der Waals surface area contributed by atoms with Crippen LogP contribution in [0, 0.1) is 0 Å². The van der Waals surface area contributed by atoms with Crippen molar-refractivity contribution in [1.29, 1.82) is 0 Å². The third-order valence-corrected chi connectivity index (χ3v) is 10.9. The van der Waals surface area contributed by atoms with Crippen molar-refractivity contribution >= 4 is 37.1 Å². The minimum absolute atomic E-state index is 0.0132. The van der Waals surface area contributed by atoms with E-state index in [1.807, 2.05) is 6.26 Å². The first-order valence-corrected chi connectivity index (χ1v) is 13.7. The smallest absolute Gasteiger partial charge is 0.192 e. The van der Waals surface area contributed by atoms with Gasteiger partial charge in [-0.15, -0.1) is 0 Å². The summed E-state index contributed by atoms with van der Waals surface area (Å²) in [4.78, 5) is 15.7. The quantitative estimate of drug-likeness (QED) is 0.315. The Kier molecular flexibility index (Phi) is 6.11. The van der Waals surface area contributed by atoms with Gasteiger partial charge >= 0.3 is 0 Å². The number of nitrogens with two attached hydrogens (primary N) is 1. The van der Waals surface area contributed by atoms with Crippen molar-refractivity contribution in [2.45, 2.75) is 63.4 Å². The van der Waals surface area contributed by atoms with Crippen molar-refractivity contribution in [2.75, 3.05) is 17.7 Å². The highest BCUT2D eigenvalue weighted by atomic mass is 32.2. The number of aromatic nitrogens is 4. The summed E-state index contributed by atoms with van der Waals surface area (Å²) in [6.45, 7) is 10.9. The van der Waals surface area contributed by atoms with Crippen molar-refractivity contribution in [1.82, 2.24) is 19.5 Å². The molecule has 12 heteroatoms. The minimum atomic E-state index is -2.13. The lowest BCUT2D eigenvalue weighted by atomic mass is 10.1. The van der Waals surface area contributed by atoms with Crippen molar-refractivity contribution in [3.05, 3.63) is 23.1 Å². The van der Waals surface area contributed by atoms with Gasteiger partial charge in [0.2, 0.25) is 0 Å². The summed E-state index contributed by atoms with van der Waals surface area (Å²) in [5.74, 6) is 1.01. The topological polar surface area (TPSA) is 137 Å². The van der Waals surface area contributed by atoms with Crippen LogP contribution in [0.25, 0.3) is 21.6 Å². The Morgan fingerprint density at radius 3 is 2.72 bits per heavy atom. The molecule has 0 spiro atoms. The lowest BCUT2D eigenvalue weighted by molar-refractivity contribution is -0.00322. The molecule has 1 aliphatic heterocycles. The number of thioether (sulfide) groups is 1. The van der Waals surface area contributed by atoms with Gasteiger partial charge in [0.25, 0.3) is 0 Å². The van der Waals surface area contributed by atoms with Gasteiger partial charge < -0.3 is 14.9 Å². The van der Waals surface area contributed by atoms with Gasteiger partial charge in [0.1, 0.15) is 24.1 Å². The molecule has 0 aliphatic carbocycles. The molecule has 0 saturated carbocycles. The van der Waals surface area contributed by atoms with Crippen LogP contribution in [0.2, 0.25) is 18.1 Å². The second-order valence-corrected chi connectivity index (χ2v) is 14.3. The lowest BCUT2D eigenvalue weighted by Gasteiger charge is -2.40. The summed E-state index contributed by atoms with van der Waals surface area (Å²) in [7, 11) is -2.13. The molecule has 2 aromatic heterocycles. The summed E-state index contributed by atoms with van der Waals surface area (Å²) in [5, 5.41) is 4.10. The van der Waals surface area contributed by atoms with E-state index < -0.39 is 20.6 Å². The van der Waals surface area contributed by atoms with E-state index in [0.29, 0.717) is 17.0 Å². The standard InChI is InChI=1S/C17H28N8O2SSi/c1-17(2,3)29(5,6)27-13-10(7-28-4)26-16(11(13)23-24-19)25-9-22-12-14(18)20-8-21-15(12)25/h8-11,13,16H,7H2,1-6H3,(H2,18,20,21)/t10-,11-,13+,16-/m1/s1. The average molecular weight is 437 g/mol. The fourth-order valence-electron chi connectivity index (χ4n) is 3.15. The Balaban J connectivity index is 2.04. The summed E-state index contributed by atoms with van der Waals surface area (Å²) >= 11 is 1.67. The van der Waals surface area contributed by atoms with Crippen molar-refractivity contribution < 1.29 is 9.16 Å². The molecule has 29 heavy (non-hydrogen) atoms. The molecule has 1 aliphatic rings. The zero-order chi connectivity index (χ0) is 21.4. The predicted molar refractivity (Wildman–Crippen MR) is 117 cm³/mol. The first-order valence-electron chi connectivity index (χ1n) is 9.40. The Labute approximate surface area is 175 Å². The van der Waals surface area contributed by atoms with E-state index in [4.69, 9.17) is 14.9 Å². The van der Waals surface area contributed by atoms with Crippen molar-refractivity contribution in [2.24, 2.45) is 5.11 Å². The number of nitrogens with zero attached hydrogens (tertiary/aromatic N) is 7. The molecule has 2 N–H and O–H groups in total. The van der Waals surface area contributed by atoms with Gasteiger partial charge in [-0.25, -0.2) is 15.0 Å². The molecule has 0 amide bonds. The fraction of sp³-hybridized carbons (Fsp3) is 0.706. The van der Waals surface area contributed by atoms with Crippen LogP contribution >= 0.6 is 11.8 Å². The zero-order valence-corrected chi connectivity index (χ0v) is 19.4. The maximum Gasteiger partial charge on any atom is 0.192 e. The Bertz CT molecular complexity index is 924. The Morgan fingerprint density at radius 1 is 1.38 bits per heavy atom. The van der Waals surface area contributed by atoms with Crippen LogP contribution in [0.3, 0.4) is 0 Å². The molecule has 3 heterocycles. The van der Waals surface area contributed by atoms with Crippen LogP contribution in [0.15, 0.2) is 17.8 Å². The Hall–Kier alpha value is -1.85. The van der Waals surface area contributed by atoms with E-state index in [2.05, 4.69) is 58.8 Å². The number of rotatable bonds is 6. The fourth-order valence-corrected chi connectivity index (χ4v) is 5.07. The van der Waals surface area contributed by atoms with E-state index in [0.717, 1.165) is 5.75 Å². The largest absolute Gasteiger partial charge is 0.411 e. The monoisotopic (exact) mass is 436 g/mol. The summed E-state index contributed by atoms with van der Waals surface area (Å²) in [6.07, 6.45) is 3.83. The number of nitrogen functional groups attached to an aromatic ring is 1. The third-order valence-electron chi connectivity index (χ3n) is 5.72. The van der Waals surface area contributed by atoms with E-state index in [9.17, 15) is 5.53 Å². The molecular formula is C17H28N8O2SSi. The van der Waals surface area contributed by atoms with E-state index in [1.54, 1.807) is 22.7 Å². The molecule has 2 aromatic rings. The van der Waals surface area contributed by atoms with Gasteiger partial charge in [0.15, 0.2) is 19.8 Å². The second kappa shape index (κ2) is 8.11. The summed E-state index contributed by atoms with van der Waals surface area (Å²) in [6, 6.07) is -0.556. The number of azide groups is 1. The maximum atomic E-state index is 9.27. The van der Waals surface area contributed by atoms with Gasteiger partial charge in [-0.2, -0.15) is 11.8 Å². The van der Waals surface area contributed by atoms with Gasteiger partial charge in [-0.1, -0.05) is 25.9 Å². The van der Waals surface area contributed by atoms with Crippen LogP contribution in [0.5, 0.6) is 0 Å². The number of hydrogen-bond donors (Lipinski definition) is 1. The first kappa shape index (κ1) is 21.8. The highest BCUT2D eigenvalue weighted by molar-refractivity contribution is 7.98. The van der Waals surface area contributed by atoms with Crippen molar-refractivity contribution in [3.63, 3.8) is 0 Å². The third kappa shape index (κ3) is 4.08. The molecule has 3 rings (SSSR count). The molecule has 0 radical (unpaired) electrons. The number of anilines is 1. The highest BCUT2D eigenvalue weighted by Crippen LogP contribution is 2.43. The molecule has 158 valence electrons. The van der Waals surface area contributed by atoms with Gasteiger partial charge in [-0.3, -0.25) is 4.57 Å². The maximum absolute atomic E-state index is 9.27. The van der Waals surface area contributed by atoms with Gasteiger partial charge in [0.05, 0.1) is 18.5 Å². The van der Waals surface area contributed by atoms with Crippen LogP contribution in [0.4, 0.5) is 5.82 Å². The van der Waals surface area contributed by atoms with Crippen LogP contribution in [0.1, 0.15) is 27.0 Å². The highest BCUT2D eigenvalue weighted by Gasteiger charge is 2.50. The molecule has 1 saturated heterocycles. The molecule has 0 aromatic carbocycles. The SMILES string of the molecule is CSC[C@H]1O[C@@H](n2cnc3c(N)ncnc32)[C@H](N=[N+]=[N-])[C@H]1O[Si](C)(C)C(C)(C)C. The predicted octanol–water partition coefficient (Wildman–Crippen LogP) is 3.74.